The largest absolute Gasteiger partial charge is 2.00 e. The molecule has 0 aliphatic carbocycles. The van der Waals surface area contributed by atoms with Crippen molar-refractivity contribution in [1.29, 1.82) is 0 Å². The van der Waals surface area contributed by atoms with Crippen LogP contribution in [0.4, 0.5) is 0 Å². The van der Waals surface area contributed by atoms with E-state index >= 15 is 0 Å². The van der Waals surface area contributed by atoms with Gasteiger partial charge in [-0.3, -0.25) is 9.69 Å². The van der Waals surface area contributed by atoms with Crippen molar-refractivity contribution in [2.75, 3.05) is 19.6 Å². The van der Waals surface area contributed by atoms with Crippen LogP contribution < -0.4 is 10.2 Å². The van der Waals surface area contributed by atoms with E-state index in [1.54, 1.807) is 0 Å². The molecule has 0 aliphatic rings. The molecule has 0 saturated heterocycles. The summed E-state index contributed by atoms with van der Waals surface area (Å²) in [6.07, 6.45) is 0. The molecule has 0 fully saturated rings. The third kappa shape index (κ3) is 9.23. The average molecular weight is 213 g/mol. The molecule has 0 radical (unpaired) electrons. The van der Waals surface area contributed by atoms with Crippen molar-refractivity contribution in [3.05, 3.63) is 0 Å². The number of rotatable bonds is 6. The monoisotopic (exact) mass is 213 g/mol. The number of nitrogens with zero attached hydrogens (tertiary/aromatic N) is 1. The van der Waals surface area contributed by atoms with Gasteiger partial charge < -0.3 is 24.9 Å². The maximum Gasteiger partial charge on any atom is 2.00 e. The fraction of sp³-hybridized carbons (Fsp3) is 0.500. The molecule has 8 heteroatoms. The van der Waals surface area contributed by atoms with E-state index in [0.29, 0.717) is 4.90 Å². The van der Waals surface area contributed by atoms with Gasteiger partial charge in [0.25, 0.3) is 0 Å². The van der Waals surface area contributed by atoms with Crippen molar-refractivity contribution in [1.82, 2.24) is 4.90 Å². The summed E-state index contributed by atoms with van der Waals surface area (Å²) in [7, 11) is 0. The van der Waals surface area contributed by atoms with Crippen molar-refractivity contribution in [3.8, 4) is 0 Å². The molecule has 0 aromatic rings. The molecule has 7 nitrogen and oxygen atoms in total. The Morgan fingerprint density at radius 3 is 1.57 bits per heavy atom. The Hall–Kier alpha value is -0.864. The van der Waals surface area contributed by atoms with Crippen molar-refractivity contribution in [2.24, 2.45) is 0 Å². The Labute approximate surface area is 95.5 Å². The van der Waals surface area contributed by atoms with E-state index in [9.17, 15) is 24.6 Å². The molecule has 14 heavy (non-hydrogen) atoms. The van der Waals surface area contributed by atoms with E-state index in [1.165, 1.54) is 0 Å². The predicted molar refractivity (Wildman–Crippen MR) is 39.8 cm³/mol. The van der Waals surface area contributed by atoms with E-state index in [-0.39, 0.29) is 23.1 Å². The number of carbonyl (C=O) groups is 3. The number of aliphatic carboxylic acids is 3. The van der Waals surface area contributed by atoms with Crippen LogP contribution >= 0.6 is 0 Å². The number of carboxylic acids is 3. The van der Waals surface area contributed by atoms with Crippen LogP contribution in [0, 0.1) is 0 Å². The molecule has 0 aliphatic heterocycles. The SMILES string of the molecule is O=C([O-])CN(CC(=O)[O-])CC(=O)O.[Mg+2]. The van der Waals surface area contributed by atoms with Gasteiger partial charge in [0.15, 0.2) is 0 Å². The van der Waals surface area contributed by atoms with Crippen molar-refractivity contribution in [3.63, 3.8) is 0 Å². The quantitative estimate of drug-likeness (QED) is 0.441. The third-order valence-electron chi connectivity index (χ3n) is 1.06. The van der Waals surface area contributed by atoms with Gasteiger partial charge in [0, 0.05) is 13.1 Å². The van der Waals surface area contributed by atoms with Crippen molar-refractivity contribution < 1.29 is 29.7 Å². The van der Waals surface area contributed by atoms with Crippen LogP contribution in [0.3, 0.4) is 0 Å². The molecule has 0 heterocycles. The third-order valence-corrected chi connectivity index (χ3v) is 1.06. The molecule has 0 spiro atoms. The number of carboxylic acid groups (broad SMARTS) is 3. The van der Waals surface area contributed by atoms with Gasteiger partial charge in [-0.1, -0.05) is 0 Å². The molecule has 0 rings (SSSR count). The van der Waals surface area contributed by atoms with Gasteiger partial charge in [0.2, 0.25) is 0 Å². The summed E-state index contributed by atoms with van der Waals surface area (Å²) >= 11 is 0. The summed E-state index contributed by atoms with van der Waals surface area (Å²) in [5, 5.41) is 28.3. The van der Waals surface area contributed by atoms with Crippen LogP contribution in [0.1, 0.15) is 0 Å². The van der Waals surface area contributed by atoms with Crippen LogP contribution in [0.25, 0.3) is 0 Å². The molecule has 0 amide bonds. The number of hydrogen-bond acceptors (Lipinski definition) is 6. The standard InChI is InChI=1S/C6H9NO6.Mg/c8-4(9)1-7(2-5(10)11)3-6(12)13;/h1-3H2,(H,8,9)(H,10,11)(H,12,13);/q;+2/p-2. The second-order valence-corrected chi connectivity index (χ2v) is 2.28. The zero-order chi connectivity index (χ0) is 10.4. The average Bonchev–Trinajstić information content (AvgIpc) is 1.80. The second kappa shape index (κ2) is 7.53. The van der Waals surface area contributed by atoms with Gasteiger partial charge in [-0.15, -0.1) is 0 Å². The fourth-order valence-corrected chi connectivity index (χ4v) is 0.724. The van der Waals surface area contributed by atoms with Crippen LogP contribution in [-0.2, 0) is 14.4 Å². The molecular weight excluding hydrogens is 206 g/mol. The first-order valence-electron chi connectivity index (χ1n) is 3.25. The number of hydrogen-bond donors (Lipinski definition) is 1. The molecule has 0 bridgehead atoms. The predicted octanol–water partition coefficient (Wildman–Crippen LogP) is -4.51. The molecular formula is C6H7MgNO6. The minimum Gasteiger partial charge on any atom is -0.549 e. The summed E-state index contributed by atoms with van der Waals surface area (Å²) in [6.45, 7) is -2.18. The molecule has 0 aromatic heterocycles. The molecule has 1 N–H and O–H groups in total. The van der Waals surface area contributed by atoms with Crippen LogP contribution in [0.15, 0.2) is 0 Å². The van der Waals surface area contributed by atoms with Crippen LogP contribution in [0.5, 0.6) is 0 Å². The van der Waals surface area contributed by atoms with Gasteiger partial charge in [-0.25, -0.2) is 0 Å². The van der Waals surface area contributed by atoms with Gasteiger partial charge >= 0.3 is 29.0 Å². The van der Waals surface area contributed by atoms with Crippen LogP contribution in [0.2, 0.25) is 0 Å². The second-order valence-electron chi connectivity index (χ2n) is 2.28. The van der Waals surface area contributed by atoms with Crippen LogP contribution in [-0.4, -0.2) is 70.6 Å². The fourth-order valence-electron chi connectivity index (χ4n) is 0.724. The van der Waals surface area contributed by atoms with Gasteiger partial charge in [-0.2, -0.15) is 0 Å². The molecule has 74 valence electrons. The number of carbonyl (C=O) groups excluding carboxylic acids is 2. The summed E-state index contributed by atoms with van der Waals surface area (Å²) < 4.78 is 0. The topological polar surface area (TPSA) is 121 Å². The Morgan fingerprint density at radius 1 is 1.00 bits per heavy atom. The zero-order valence-corrected chi connectivity index (χ0v) is 8.68. The minimum atomic E-state index is -1.54. The molecule has 0 atom stereocenters. The van der Waals surface area contributed by atoms with Gasteiger partial charge in [0.1, 0.15) is 0 Å². The first-order chi connectivity index (χ1) is 5.91. The Morgan fingerprint density at radius 2 is 1.36 bits per heavy atom. The van der Waals surface area contributed by atoms with E-state index in [1.807, 2.05) is 0 Å². The maximum absolute atomic E-state index is 10.1. The summed E-state index contributed by atoms with van der Waals surface area (Å²) in [5.74, 6) is -4.40. The smallest absolute Gasteiger partial charge is 0.549 e. The van der Waals surface area contributed by atoms with E-state index < -0.39 is 37.5 Å². The summed E-state index contributed by atoms with van der Waals surface area (Å²) in [5.41, 5.74) is 0. The molecule has 0 unspecified atom stereocenters. The summed E-state index contributed by atoms with van der Waals surface area (Å²) in [4.78, 5) is 30.8. The molecule has 0 aromatic carbocycles. The Kier molecular flexibility index (Phi) is 8.39. The molecule has 0 saturated carbocycles. The maximum atomic E-state index is 10.1. The van der Waals surface area contributed by atoms with Gasteiger partial charge in [-0.05, 0) is 0 Å². The minimum absolute atomic E-state index is 0. The zero-order valence-electron chi connectivity index (χ0n) is 7.26. The first-order valence-corrected chi connectivity index (χ1v) is 3.25. The van der Waals surface area contributed by atoms with E-state index in [0.717, 1.165) is 0 Å². The first kappa shape index (κ1) is 15.6. The van der Waals surface area contributed by atoms with E-state index in [4.69, 9.17) is 5.11 Å². The Bertz CT molecular complexity index is 192. The normalized spacial score (nSPS) is 9.21. The Balaban J connectivity index is 0. The summed E-state index contributed by atoms with van der Waals surface area (Å²) in [6, 6.07) is 0. The van der Waals surface area contributed by atoms with E-state index in [2.05, 4.69) is 0 Å². The van der Waals surface area contributed by atoms with Crippen molar-refractivity contribution in [2.45, 2.75) is 0 Å². The van der Waals surface area contributed by atoms with Gasteiger partial charge in [0.05, 0.1) is 18.5 Å². The van der Waals surface area contributed by atoms with Crippen molar-refractivity contribution >= 4 is 41.0 Å².